The van der Waals surface area contributed by atoms with Crippen molar-refractivity contribution in [3.63, 3.8) is 0 Å². The molecule has 2 unspecified atom stereocenters. The van der Waals surface area contributed by atoms with Gasteiger partial charge in [0.05, 0.1) is 10.5 Å². The van der Waals surface area contributed by atoms with Crippen LogP contribution in [0.5, 0.6) is 0 Å². The van der Waals surface area contributed by atoms with Gasteiger partial charge in [-0.3, -0.25) is 10.1 Å². The first-order valence-electron chi connectivity index (χ1n) is 6.56. The van der Waals surface area contributed by atoms with Gasteiger partial charge >= 0.3 is 6.18 Å². The SMILES string of the molecule is CC1CCN(c2ccc([N+](=O)[O-])cc2C(F)(F)F)CC1N. The quantitative estimate of drug-likeness (QED) is 0.673. The molecule has 1 saturated heterocycles. The molecule has 1 aromatic carbocycles. The van der Waals surface area contributed by atoms with Crippen LogP contribution < -0.4 is 10.6 Å². The molecule has 0 bridgehead atoms. The van der Waals surface area contributed by atoms with E-state index >= 15 is 0 Å². The van der Waals surface area contributed by atoms with E-state index < -0.39 is 22.4 Å². The van der Waals surface area contributed by atoms with Crippen LogP contribution >= 0.6 is 0 Å². The molecular weight excluding hydrogens is 287 g/mol. The Balaban J connectivity index is 2.41. The third kappa shape index (κ3) is 3.26. The van der Waals surface area contributed by atoms with Crippen LogP contribution in [-0.2, 0) is 6.18 Å². The van der Waals surface area contributed by atoms with Gasteiger partial charge in [-0.15, -0.1) is 0 Å². The molecule has 0 aliphatic carbocycles. The summed E-state index contributed by atoms with van der Waals surface area (Å²) in [4.78, 5) is 11.4. The fourth-order valence-corrected chi connectivity index (χ4v) is 2.46. The van der Waals surface area contributed by atoms with E-state index in [4.69, 9.17) is 5.73 Å². The summed E-state index contributed by atoms with van der Waals surface area (Å²) in [5.74, 6) is 0.244. The Hall–Kier alpha value is -1.83. The molecule has 1 aliphatic heterocycles. The summed E-state index contributed by atoms with van der Waals surface area (Å²) in [5, 5.41) is 10.7. The Labute approximate surface area is 119 Å². The molecule has 5 nitrogen and oxygen atoms in total. The lowest BCUT2D eigenvalue weighted by Gasteiger charge is -2.37. The van der Waals surface area contributed by atoms with E-state index in [1.807, 2.05) is 6.92 Å². The van der Waals surface area contributed by atoms with Gasteiger partial charge in [-0.1, -0.05) is 6.92 Å². The van der Waals surface area contributed by atoms with Crippen molar-refractivity contribution >= 4 is 11.4 Å². The van der Waals surface area contributed by atoms with Crippen molar-refractivity contribution in [2.45, 2.75) is 25.6 Å². The molecule has 0 saturated carbocycles. The first kappa shape index (κ1) is 15.6. The summed E-state index contributed by atoms with van der Waals surface area (Å²) in [7, 11) is 0. The van der Waals surface area contributed by atoms with E-state index in [1.165, 1.54) is 0 Å². The van der Waals surface area contributed by atoms with Crippen LogP contribution in [0.25, 0.3) is 0 Å². The first-order chi connectivity index (χ1) is 9.70. The standard InChI is InChI=1S/C13H16F3N3O2/c1-8-4-5-18(7-11(8)17)12-3-2-9(19(20)21)6-10(12)13(14,15)16/h2-3,6,8,11H,4-5,7,17H2,1H3. The molecule has 1 fully saturated rings. The third-order valence-corrected chi connectivity index (χ3v) is 3.85. The molecular formula is C13H16F3N3O2. The number of rotatable bonds is 2. The minimum atomic E-state index is -4.64. The molecule has 1 aromatic rings. The number of nitrogens with zero attached hydrogens (tertiary/aromatic N) is 2. The molecule has 0 aromatic heterocycles. The average Bonchev–Trinajstić information content (AvgIpc) is 2.40. The van der Waals surface area contributed by atoms with Crippen molar-refractivity contribution in [3.8, 4) is 0 Å². The lowest BCUT2D eigenvalue weighted by Crippen LogP contribution is -2.48. The van der Waals surface area contributed by atoms with E-state index in [-0.39, 0.29) is 17.6 Å². The molecule has 0 spiro atoms. The fourth-order valence-electron chi connectivity index (χ4n) is 2.46. The smallest absolute Gasteiger partial charge is 0.369 e. The molecule has 8 heteroatoms. The maximum atomic E-state index is 13.1. The Morgan fingerprint density at radius 2 is 2.10 bits per heavy atom. The zero-order valence-corrected chi connectivity index (χ0v) is 11.4. The van der Waals surface area contributed by atoms with E-state index in [0.717, 1.165) is 12.1 Å². The second-order valence-electron chi connectivity index (χ2n) is 5.33. The molecule has 116 valence electrons. The van der Waals surface area contributed by atoms with Gasteiger partial charge in [0, 0.05) is 37.0 Å². The van der Waals surface area contributed by atoms with Gasteiger partial charge in [0.1, 0.15) is 0 Å². The number of non-ortho nitro benzene ring substituents is 1. The molecule has 2 atom stereocenters. The zero-order chi connectivity index (χ0) is 15.8. The Bertz CT molecular complexity index is 548. The number of nitrogens with two attached hydrogens (primary N) is 1. The van der Waals surface area contributed by atoms with Crippen molar-refractivity contribution in [2.75, 3.05) is 18.0 Å². The third-order valence-electron chi connectivity index (χ3n) is 3.85. The predicted octanol–water partition coefficient (Wildman–Crippen LogP) is 2.79. The van der Waals surface area contributed by atoms with Gasteiger partial charge in [-0.25, -0.2) is 0 Å². The minimum absolute atomic E-state index is 0.0459. The van der Waals surface area contributed by atoms with Gasteiger partial charge < -0.3 is 10.6 Å². The number of alkyl halides is 3. The highest BCUT2D eigenvalue weighted by Crippen LogP contribution is 2.39. The van der Waals surface area contributed by atoms with Crippen molar-refractivity contribution in [2.24, 2.45) is 11.7 Å². The van der Waals surface area contributed by atoms with E-state index in [9.17, 15) is 23.3 Å². The second-order valence-corrected chi connectivity index (χ2v) is 5.33. The van der Waals surface area contributed by atoms with Crippen LogP contribution in [0, 0.1) is 16.0 Å². The van der Waals surface area contributed by atoms with E-state index in [1.54, 1.807) is 4.90 Å². The first-order valence-corrected chi connectivity index (χ1v) is 6.56. The highest BCUT2D eigenvalue weighted by molar-refractivity contribution is 5.59. The molecule has 21 heavy (non-hydrogen) atoms. The molecule has 0 radical (unpaired) electrons. The topological polar surface area (TPSA) is 72.4 Å². The van der Waals surface area contributed by atoms with Crippen molar-refractivity contribution < 1.29 is 18.1 Å². The van der Waals surface area contributed by atoms with Crippen LogP contribution in [0.15, 0.2) is 18.2 Å². The zero-order valence-electron chi connectivity index (χ0n) is 11.4. The fraction of sp³-hybridized carbons (Fsp3) is 0.538. The summed E-state index contributed by atoms with van der Waals surface area (Å²) in [5.41, 5.74) is 4.31. The lowest BCUT2D eigenvalue weighted by atomic mass is 9.93. The van der Waals surface area contributed by atoms with Crippen LogP contribution in [0.2, 0.25) is 0 Å². The number of halogens is 3. The van der Waals surface area contributed by atoms with Crippen molar-refractivity contribution in [1.82, 2.24) is 0 Å². The van der Waals surface area contributed by atoms with Crippen LogP contribution in [0.3, 0.4) is 0 Å². The molecule has 2 rings (SSSR count). The Morgan fingerprint density at radius 3 is 2.62 bits per heavy atom. The predicted molar refractivity (Wildman–Crippen MR) is 72.1 cm³/mol. The van der Waals surface area contributed by atoms with Crippen LogP contribution in [0.4, 0.5) is 24.5 Å². The minimum Gasteiger partial charge on any atom is -0.369 e. The number of nitro groups is 1. The Kier molecular flexibility index (Phi) is 4.08. The molecule has 0 amide bonds. The van der Waals surface area contributed by atoms with Crippen LogP contribution in [-0.4, -0.2) is 24.1 Å². The van der Waals surface area contributed by atoms with Gasteiger partial charge in [-0.2, -0.15) is 13.2 Å². The highest BCUT2D eigenvalue weighted by Gasteiger charge is 2.37. The van der Waals surface area contributed by atoms with Gasteiger partial charge in [-0.05, 0) is 18.4 Å². The van der Waals surface area contributed by atoms with E-state index in [0.29, 0.717) is 25.6 Å². The lowest BCUT2D eigenvalue weighted by molar-refractivity contribution is -0.385. The number of hydrogen-bond acceptors (Lipinski definition) is 4. The second kappa shape index (κ2) is 5.51. The van der Waals surface area contributed by atoms with Gasteiger partial charge in [0.2, 0.25) is 0 Å². The van der Waals surface area contributed by atoms with Crippen LogP contribution in [0.1, 0.15) is 18.9 Å². The molecule has 2 N–H and O–H groups in total. The summed E-state index contributed by atoms with van der Waals surface area (Å²) >= 11 is 0. The monoisotopic (exact) mass is 303 g/mol. The number of piperidine rings is 1. The van der Waals surface area contributed by atoms with Gasteiger partial charge in [0.15, 0.2) is 0 Å². The molecule has 1 heterocycles. The maximum Gasteiger partial charge on any atom is 0.418 e. The average molecular weight is 303 g/mol. The summed E-state index contributed by atoms with van der Waals surface area (Å²) in [6.45, 7) is 2.72. The Morgan fingerprint density at radius 1 is 1.43 bits per heavy atom. The number of anilines is 1. The molecule has 1 aliphatic rings. The summed E-state index contributed by atoms with van der Waals surface area (Å²) in [6, 6.07) is 2.62. The number of benzene rings is 1. The van der Waals surface area contributed by atoms with Crippen molar-refractivity contribution in [3.05, 3.63) is 33.9 Å². The summed E-state index contributed by atoms with van der Waals surface area (Å²) < 4.78 is 39.4. The number of nitro benzene ring substituents is 1. The van der Waals surface area contributed by atoms with E-state index in [2.05, 4.69) is 0 Å². The largest absolute Gasteiger partial charge is 0.418 e. The highest BCUT2D eigenvalue weighted by atomic mass is 19.4. The van der Waals surface area contributed by atoms with Crippen molar-refractivity contribution in [1.29, 1.82) is 0 Å². The summed E-state index contributed by atoms with van der Waals surface area (Å²) in [6.07, 6.45) is -3.95. The normalized spacial score (nSPS) is 23.2. The van der Waals surface area contributed by atoms with Gasteiger partial charge in [0.25, 0.3) is 5.69 Å². The number of hydrogen-bond donors (Lipinski definition) is 1. The maximum absolute atomic E-state index is 13.1.